The van der Waals surface area contributed by atoms with Crippen LogP contribution >= 0.6 is 11.6 Å². The number of aliphatic hydroxyl groups is 1. The second kappa shape index (κ2) is 5.35. The molecule has 1 aromatic carbocycles. The molecule has 3 nitrogen and oxygen atoms in total. The average Bonchev–Trinajstić information content (AvgIpc) is 2.21. The lowest BCUT2D eigenvalue weighted by Crippen LogP contribution is -2.26. The predicted octanol–water partition coefficient (Wildman–Crippen LogP) is 2.21. The summed E-state index contributed by atoms with van der Waals surface area (Å²) in [5, 5.41) is 19.8. The van der Waals surface area contributed by atoms with Gasteiger partial charge in [-0.25, -0.2) is 0 Å². The molecule has 0 bridgehead atoms. The molecule has 0 aliphatic heterocycles. The topological polar surface area (TPSA) is 66.5 Å². The first-order valence-corrected chi connectivity index (χ1v) is 5.36. The van der Waals surface area contributed by atoms with Gasteiger partial charge in [-0.3, -0.25) is 0 Å². The third-order valence-corrected chi connectivity index (χ3v) is 2.58. The predicted molar refractivity (Wildman–Crippen MR) is 61.0 cm³/mol. The summed E-state index contributed by atoms with van der Waals surface area (Å²) < 4.78 is 0. The number of halogens is 1. The molecule has 84 valence electrons. The third-order valence-electron chi connectivity index (χ3n) is 2.35. The third kappa shape index (κ3) is 3.09. The number of phenols is 1. The molecule has 1 rings (SSSR count). The van der Waals surface area contributed by atoms with Crippen LogP contribution < -0.4 is 5.73 Å². The average molecular weight is 230 g/mol. The zero-order chi connectivity index (χ0) is 11.4. The van der Waals surface area contributed by atoms with Crippen molar-refractivity contribution in [3.8, 4) is 5.75 Å². The second-order valence-corrected chi connectivity index (χ2v) is 4.02. The van der Waals surface area contributed by atoms with Gasteiger partial charge >= 0.3 is 0 Å². The highest BCUT2D eigenvalue weighted by atomic mass is 35.5. The second-order valence-electron chi connectivity index (χ2n) is 3.58. The van der Waals surface area contributed by atoms with E-state index in [1.54, 1.807) is 12.1 Å². The molecule has 0 fully saturated rings. The molecule has 0 heterocycles. The smallest absolute Gasteiger partial charge is 0.120 e. The molecule has 0 saturated carbocycles. The summed E-state index contributed by atoms with van der Waals surface area (Å²) in [5.74, 6) is 0.0713. The Labute approximate surface area is 94.5 Å². The molecule has 4 N–H and O–H groups in total. The van der Waals surface area contributed by atoms with E-state index in [0.717, 1.165) is 6.42 Å². The Morgan fingerprint density at radius 1 is 1.47 bits per heavy atom. The number of hydrogen-bond donors (Lipinski definition) is 3. The van der Waals surface area contributed by atoms with E-state index in [9.17, 15) is 10.2 Å². The molecule has 0 unspecified atom stereocenters. The van der Waals surface area contributed by atoms with E-state index < -0.39 is 12.1 Å². The Bertz CT molecular complexity index is 330. The van der Waals surface area contributed by atoms with Crippen LogP contribution in [0.25, 0.3) is 0 Å². The van der Waals surface area contributed by atoms with Gasteiger partial charge in [-0.15, -0.1) is 0 Å². The first-order chi connectivity index (χ1) is 7.06. The van der Waals surface area contributed by atoms with Gasteiger partial charge in [0.2, 0.25) is 0 Å². The summed E-state index contributed by atoms with van der Waals surface area (Å²) in [7, 11) is 0. The zero-order valence-corrected chi connectivity index (χ0v) is 9.41. The fourth-order valence-electron chi connectivity index (χ4n) is 1.47. The summed E-state index contributed by atoms with van der Waals surface area (Å²) in [6.07, 6.45) is 0.794. The summed E-state index contributed by atoms with van der Waals surface area (Å²) in [6, 6.07) is 4.05. The Morgan fingerprint density at radius 2 is 2.13 bits per heavy atom. The number of phenolic OH excluding ortho intramolecular Hbond substituents is 1. The van der Waals surface area contributed by atoms with Crippen molar-refractivity contribution >= 4 is 11.6 Å². The lowest BCUT2D eigenvalue weighted by Gasteiger charge is -2.19. The fraction of sp³-hybridized carbons (Fsp3) is 0.455. The van der Waals surface area contributed by atoms with Crippen LogP contribution in [0.2, 0.25) is 5.02 Å². The van der Waals surface area contributed by atoms with E-state index in [1.165, 1.54) is 6.07 Å². The number of rotatable bonds is 4. The normalized spacial score (nSPS) is 14.9. The fourth-order valence-corrected chi connectivity index (χ4v) is 1.66. The molecule has 0 aliphatic carbocycles. The maximum atomic E-state index is 9.71. The van der Waals surface area contributed by atoms with E-state index in [4.69, 9.17) is 17.3 Å². The quantitative estimate of drug-likeness (QED) is 0.742. The van der Waals surface area contributed by atoms with Crippen LogP contribution in [-0.4, -0.2) is 16.3 Å². The first-order valence-electron chi connectivity index (χ1n) is 4.98. The van der Waals surface area contributed by atoms with Gasteiger partial charge in [0.1, 0.15) is 5.75 Å². The Kier molecular flexibility index (Phi) is 4.39. The van der Waals surface area contributed by atoms with Crippen molar-refractivity contribution < 1.29 is 10.2 Å². The van der Waals surface area contributed by atoms with Crippen LogP contribution in [-0.2, 0) is 0 Å². The first kappa shape index (κ1) is 12.3. The van der Waals surface area contributed by atoms with Crippen LogP contribution in [0.3, 0.4) is 0 Å². The number of hydrogen-bond acceptors (Lipinski definition) is 3. The number of aromatic hydroxyl groups is 1. The maximum absolute atomic E-state index is 9.71. The van der Waals surface area contributed by atoms with Crippen molar-refractivity contribution in [3.05, 3.63) is 28.8 Å². The Morgan fingerprint density at radius 3 is 2.73 bits per heavy atom. The number of nitrogens with two attached hydrogens (primary N) is 1. The van der Waals surface area contributed by atoms with Crippen molar-refractivity contribution in [2.45, 2.75) is 31.9 Å². The molecule has 0 saturated heterocycles. The molecule has 0 radical (unpaired) electrons. The van der Waals surface area contributed by atoms with Crippen molar-refractivity contribution in [2.24, 2.45) is 5.73 Å². The highest BCUT2D eigenvalue weighted by molar-refractivity contribution is 6.30. The SMILES string of the molecule is CCC[C@H](O)[C@H](N)c1cc(Cl)ccc1O. The molecule has 0 spiro atoms. The maximum Gasteiger partial charge on any atom is 0.120 e. The summed E-state index contributed by atoms with van der Waals surface area (Å²) in [4.78, 5) is 0. The molecule has 0 amide bonds. The zero-order valence-electron chi connectivity index (χ0n) is 8.65. The minimum absolute atomic E-state index is 0.0713. The van der Waals surface area contributed by atoms with Gasteiger partial charge in [-0.1, -0.05) is 24.9 Å². The highest BCUT2D eigenvalue weighted by Gasteiger charge is 2.19. The van der Waals surface area contributed by atoms with E-state index in [-0.39, 0.29) is 5.75 Å². The van der Waals surface area contributed by atoms with E-state index in [1.807, 2.05) is 6.92 Å². The lowest BCUT2D eigenvalue weighted by atomic mass is 9.98. The minimum atomic E-state index is -0.653. The monoisotopic (exact) mass is 229 g/mol. The van der Waals surface area contributed by atoms with Gasteiger partial charge < -0.3 is 15.9 Å². The van der Waals surface area contributed by atoms with Crippen molar-refractivity contribution in [3.63, 3.8) is 0 Å². The molecule has 0 aromatic heterocycles. The Balaban J connectivity index is 2.89. The van der Waals surface area contributed by atoms with E-state index >= 15 is 0 Å². The molecule has 2 atom stereocenters. The number of benzene rings is 1. The summed E-state index contributed by atoms with van der Waals surface area (Å²) in [6.45, 7) is 1.97. The van der Waals surface area contributed by atoms with Crippen molar-refractivity contribution in [1.29, 1.82) is 0 Å². The van der Waals surface area contributed by atoms with E-state index in [2.05, 4.69) is 0 Å². The molecule has 4 heteroatoms. The highest BCUT2D eigenvalue weighted by Crippen LogP contribution is 2.28. The van der Waals surface area contributed by atoms with Crippen LogP contribution in [0.5, 0.6) is 5.75 Å². The molecular weight excluding hydrogens is 214 g/mol. The van der Waals surface area contributed by atoms with Gasteiger partial charge in [0.05, 0.1) is 12.1 Å². The van der Waals surface area contributed by atoms with Crippen LogP contribution in [0.15, 0.2) is 18.2 Å². The molecule has 15 heavy (non-hydrogen) atoms. The molecule has 0 aliphatic rings. The lowest BCUT2D eigenvalue weighted by molar-refractivity contribution is 0.133. The van der Waals surface area contributed by atoms with E-state index in [0.29, 0.717) is 17.0 Å². The number of aliphatic hydroxyl groups excluding tert-OH is 1. The summed E-state index contributed by atoms with van der Waals surface area (Å²) >= 11 is 5.79. The van der Waals surface area contributed by atoms with Gasteiger partial charge in [0.15, 0.2) is 0 Å². The molecular formula is C11H16ClNO2. The van der Waals surface area contributed by atoms with Gasteiger partial charge in [-0.05, 0) is 24.6 Å². The van der Waals surface area contributed by atoms with Crippen molar-refractivity contribution in [2.75, 3.05) is 0 Å². The van der Waals surface area contributed by atoms with Crippen LogP contribution in [0, 0.1) is 0 Å². The minimum Gasteiger partial charge on any atom is -0.508 e. The largest absolute Gasteiger partial charge is 0.508 e. The standard InChI is InChI=1S/C11H16ClNO2/c1-2-3-10(15)11(13)8-6-7(12)4-5-9(8)14/h4-6,10-11,14-15H,2-3,13H2,1H3/t10-,11+/m0/s1. The Hall–Kier alpha value is -0.770. The van der Waals surface area contributed by atoms with Crippen LogP contribution in [0.1, 0.15) is 31.4 Å². The van der Waals surface area contributed by atoms with Crippen LogP contribution in [0.4, 0.5) is 0 Å². The van der Waals surface area contributed by atoms with Gasteiger partial charge in [0.25, 0.3) is 0 Å². The van der Waals surface area contributed by atoms with Gasteiger partial charge in [-0.2, -0.15) is 0 Å². The summed E-state index contributed by atoms with van der Waals surface area (Å²) in [5.41, 5.74) is 6.31. The molecule has 1 aromatic rings. The van der Waals surface area contributed by atoms with Gasteiger partial charge in [0, 0.05) is 10.6 Å². The van der Waals surface area contributed by atoms with Crippen molar-refractivity contribution in [1.82, 2.24) is 0 Å².